The summed E-state index contributed by atoms with van der Waals surface area (Å²) >= 11 is 0. The van der Waals surface area contributed by atoms with E-state index in [1.54, 1.807) is 24.3 Å². The number of aryl methyl sites for hydroxylation is 2. The zero-order chi connectivity index (χ0) is 21.3. The van der Waals surface area contributed by atoms with E-state index < -0.39 is 10.0 Å². The second kappa shape index (κ2) is 11.1. The van der Waals surface area contributed by atoms with E-state index in [1.807, 2.05) is 45.0 Å². The van der Waals surface area contributed by atoms with E-state index in [0.29, 0.717) is 26.2 Å². The predicted octanol–water partition coefficient (Wildman–Crippen LogP) is 3.04. The van der Waals surface area contributed by atoms with Crippen molar-refractivity contribution in [1.82, 2.24) is 9.62 Å². The fraction of sp³-hybridized carbons (Fsp3) is 0.409. The SMILES string of the molecule is CCOCCCNC(=O)CN(Cc1cccc(C)c1)S(=O)(=O)c1ccc(C)cc1. The van der Waals surface area contributed by atoms with Crippen molar-refractivity contribution in [3.63, 3.8) is 0 Å². The highest BCUT2D eigenvalue weighted by atomic mass is 32.2. The van der Waals surface area contributed by atoms with Gasteiger partial charge in [0.25, 0.3) is 0 Å². The first-order chi connectivity index (χ1) is 13.8. The van der Waals surface area contributed by atoms with E-state index >= 15 is 0 Å². The Hall–Kier alpha value is -2.22. The molecule has 0 unspecified atom stereocenters. The first kappa shape index (κ1) is 23.1. The molecule has 0 aliphatic rings. The van der Waals surface area contributed by atoms with Crippen LogP contribution in [0.3, 0.4) is 0 Å². The lowest BCUT2D eigenvalue weighted by molar-refractivity contribution is -0.121. The molecule has 0 aliphatic heterocycles. The van der Waals surface area contributed by atoms with Gasteiger partial charge in [0.05, 0.1) is 11.4 Å². The van der Waals surface area contributed by atoms with Crippen LogP contribution in [0, 0.1) is 13.8 Å². The maximum Gasteiger partial charge on any atom is 0.243 e. The molecular formula is C22H30N2O4S. The molecule has 0 aliphatic carbocycles. The Morgan fingerprint density at radius 3 is 2.45 bits per heavy atom. The average Bonchev–Trinajstić information content (AvgIpc) is 2.68. The summed E-state index contributed by atoms with van der Waals surface area (Å²) in [6.45, 7) is 7.30. The molecule has 0 fully saturated rings. The molecule has 0 bridgehead atoms. The van der Waals surface area contributed by atoms with E-state index in [9.17, 15) is 13.2 Å². The van der Waals surface area contributed by atoms with E-state index in [2.05, 4.69) is 5.32 Å². The van der Waals surface area contributed by atoms with Crippen molar-refractivity contribution in [3.8, 4) is 0 Å². The minimum absolute atomic E-state index is 0.129. The molecule has 0 atom stereocenters. The summed E-state index contributed by atoms with van der Waals surface area (Å²) in [7, 11) is -3.82. The number of sulfonamides is 1. The zero-order valence-electron chi connectivity index (χ0n) is 17.3. The second-order valence-electron chi connectivity index (χ2n) is 6.98. The van der Waals surface area contributed by atoms with Crippen LogP contribution in [0.2, 0.25) is 0 Å². The van der Waals surface area contributed by atoms with E-state index in [0.717, 1.165) is 16.7 Å². The van der Waals surface area contributed by atoms with Crippen LogP contribution in [0.15, 0.2) is 53.4 Å². The van der Waals surface area contributed by atoms with Crippen molar-refractivity contribution in [1.29, 1.82) is 0 Å². The highest BCUT2D eigenvalue weighted by Crippen LogP contribution is 2.19. The third-order valence-corrected chi connectivity index (χ3v) is 6.22. The number of hydrogen-bond acceptors (Lipinski definition) is 4. The van der Waals surface area contributed by atoms with Gasteiger partial charge in [0, 0.05) is 26.3 Å². The number of amides is 1. The lowest BCUT2D eigenvalue weighted by atomic mass is 10.1. The number of carbonyl (C=O) groups excluding carboxylic acids is 1. The molecule has 7 heteroatoms. The zero-order valence-corrected chi connectivity index (χ0v) is 18.2. The molecule has 2 rings (SSSR count). The van der Waals surface area contributed by atoms with Gasteiger partial charge in [-0.2, -0.15) is 4.31 Å². The molecule has 1 N–H and O–H groups in total. The van der Waals surface area contributed by atoms with Crippen molar-refractivity contribution in [2.75, 3.05) is 26.3 Å². The van der Waals surface area contributed by atoms with Crippen molar-refractivity contribution in [3.05, 3.63) is 65.2 Å². The molecule has 2 aromatic rings. The first-order valence-corrected chi connectivity index (χ1v) is 11.2. The van der Waals surface area contributed by atoms with Crippen molar-refractivity contribution >= 4 is 15.9 Å². The molecule has 0 saturated heterocycles. The second-order valence-corrected chi connectivity index (χ2v) is 8.91. The molecular weight excluding hydrogens is 388 g/mol. The Balaban J connectivity index is 2.16. The molecule has 2 aromatic carbocycles. The fourth-order valence-electron chi connectivity index (χ4n) is 2.86. The van der Waals surface area contributed by atoms with Gasteiger partial charge in [-0.1, -0.05) is 47.5 Å². The number of carbonyl (C=O) groups is 1. The van der Waals surface area contributed by atoms with Crippen LogP contribution in [-0.4, -0.2) is 44.9 Å². The molecule has 1 amide bonds. The molecule has 0 heterocycles. The van der Waals surface area contributed by atoms with Gasteiger partial charge >= 0.3 is 0 Å². The molecule has 0 spiro atoms. The van der Waals surface area contributed by atoms with Crippen molar-refractivity contribution < 1.29 is 17.9 Å². The summed E-state index contributed by atoms with van der Waals surface area (Å²) in [6.07, 6.45) is 0.683. The van der Waals surface area contributed by atoms with Gasteiger partial charge in [-0.05, 0) is 44.9 Å². The minimum Gasteiger partial charge on any atom is -0.382 e. The Morgan fingerprint density at radius 2 is 1.79 bits per heavy atom. The third-order valence-electron chi connectivity index (χ3n) is 4.41. The largest absolute Gasteiger partial charge is 0.382 e. The summed E-state index contributed by atoms with van der Waals surface area (Å²) in [5, 5.41) is 2.78. The van der Waals surface area contributed by atoms with Gasteiger partial charge in [0.2, 0.25) is 15.9 Å². The molecule has 158 valence electrons. The number of benzene rings is 2. The summed E-state index contributed by atoms with van der Waals surface area (Å²) in [5.41, 5.74) is 2.85. The van der Waals surface area contributed by atoms with E-state index in [1.165, 1.54) is 4.31 Å². The highest BCUT2D eigenvalue weighted by Gasteiger charge is 2.26. The van der Waals surface area contributed by atoms with E-state index in [-0.39, 0.29) is 23.9 Å². The Kier molecular flexibility index (Phi) is 8.82. The fourth-order valence-corrected chi connectivity index (χ4v) is 4.25. The summed E-state index contributed by atoms with van der Waals surface area (Å²) < 4.78 is 32.9. The monoisotopic (exact) mass is 418 g/mol. The molecule has 0 aromatic heterocycles. The first-order valence-electron chi connectivity index (χ1n) is 9.79. The van der Waals surface area contributed by atoms with Crippen LogP contribution in [0.25, 0.3) is 0 Å². The molecule has 6 nitrogen and oxygen atoms in total. The topological polar surface area (TPSA) is 75.7 Å². The number of ether oxygens (including phenoxy) is 1. The maximum atomic E-state index is 13.2. The minimum atomic E-state index is -3.82. The van der Waals surface area contributed by atoms with Gasteiger partial charge in [0.15, 0.2) is 0 Å². The van der Waals surface area contributed by atoms with Crippen LogP contribution in [0.1, 0.15) is 30.0 Å². The van der Waals surface area contributed by atoms with Gasteiger partial charge in [0.1, 0.15) is 0 Å². The smallest absolute Gasteiger partial charge is 0.243 e. The molecule has 29 heavy (non-hydrogen) atoms. The average molecular weight is 419 g/mol. The van der Waals surface area contributed by atoms with Gasteiger partial charge in [-0.15, -0.1) is 0 Å². The van der Waals surface area contributed by atoms with Gasteiger partial charge in [-0.3, -0.25) is 4.79 Å². The van der Waals surface area contributed by atoms with Crippen molar-refractivity contribution in [2.24, 2.45) is 0 Å². The number of rotatable bonds is 11. The van der Waals surface area contributed by atoms with Crippen LogP contribution in [-0.2, 0) is 26.1 Å². The van der Waals surface area contributed by atoms with Gasteiger partial charge < -0.3 is 10.1 Å². The third kappa shape index (κ3) is 7.27. The predicted molar refractivity (Wildman–Crippen MR) is 114 cm³/mol. The highest BCUT2D eigenvalue weighted by molar-refractivity contribution is 7.89. The number of hydrogen-bond donors (Lipinski definition) is 1. The molecule has 0 saturated carbocycles. The Morgan fingerprint density at radius 1 is 1.07 bits per heavy atom. The van der Waals surface area contributed by atoms with Gasteiger partial charge in [-0.25, -0.2) is 8.42 Å². The maximum absolute atomic E-state index is 13.2. The molecule has 0 radical (unpaired) electrons. The van der Waals surface area contributed by atoms with Crippen LogP contribution in [0.5, 0.6) is 0 Å². The quantitative estimate of drug-likeness (QED) is 0.569. The summed E-state index contributed by atoms with van der Waals surface area (Å²) in [4.78, 5) is 12.6. The lowest BCUT2D eigenvalue weighted by Crippen LogP contribution is -2.40. The lowest BCUT2D eigenvalue weighted by Gasteiger charge is -2.22. The Labute approximate surface area is 173 Å². The summed E-state index contributed by atoms with van der Waals surface area (Å²) in [5.74, 6) is -0.329. The van der Waals surface area contributed by atoms with Crippen LogP contribution < -0.4 is 5.32 Å². The Bertz CT molecular complexity index is 895. The number of nitrogens with zero attached hydrogens (tertiary/aromatic N) is 1. The summed E-state index contributed by atoms with van der Waals surface area (Å²) in [6, 6.07) is 14.3. The van der Waals surface area contributed by atoms with E-state index in [4.69, 9.17) is 4.74 Å². The standard InChI is InChI=1S/C22H30N2O4S/c1-4-28-14-6-13-23-22(25)17-24(16-20-8-5-7-19(3)15-20)29(26,27)21-11-9-18(2)10-12-21/h5,7-12,15H,4,6,13-14,16-17H2,1-3H3,(H,23,25). The van der Waals surface area contributed by atoms with Crippen molar-refractivity contribution in [2.45, 2.75) is 38.6 Å². The number of nitrogens with one attached hydrogen (secondary N) is 1. The van der Waals surface area contributed by atoms with Crippen LogP contribution >= 0.6 is 0 Å². The normalized spacial score (nSPS) is 11.6. The van der Waals surface area contributed by atoms with Crippen LogP contribution in [0.4, 0.5) is 0 Å².